The van der Waals surface area contributed by atoms with Crippen molar-refractivity contribution in [3.8, 4) is 0 Å². The molecule has 3 rings (SSSR count). The third kappa shape index (κ3) is 5.61. The van der Waals surface area contributed by atoms with Gasteiger partial charge in [0.2, 0.25) is 0 Å². The largest absolute Gasteiger partial charge is 0.445 e. The van der Waals surface area contributed by atoms with E-state index in [4.69, 9.17) is 9.47 Å². The van der Waals surface area contributed by atoms with Gasteiger partial charge in [0.25, 0.3) is 0 Å². The highest BCUT2D eigenvalue weighted by Crippen LogP contribution is 2.20. The summed E-state index contributed by atoms with van der Waals surface area (Å²) in [7, 11) is 0. The van der Waals surface area contributed by atoms with E-state index in [-0.39, 0.29) is 12.2 Å². The van der Waals surface area contributed by atoms with Crippen LogP contribution < -0.4 is 0 Å². The van der Waals surface area contributed by atoms with E-state index in [1.54, 1.807) is 9.80 Å². The molecular weight excluding hydrogens is 358 g/mol. The van der Waals surface area contributed by atoms with Gasteiger partial charge in [0.05, 0.1) is 0 Å². The minimum absolute atomic E-state index is 0.246. The van der Waals surface area contributed by atoms with Crippen LogP contribution in [0.15, 0.2) is 30.3 Å². The average Bonchev–Trinajstić information content (AvgIpc) is 2.84. The van der Waals surface area contributed by atoms with Crippen LogP contribution in [0.25, 0.3) is 0 Å². The van der Waals surface area contributed by atoms with Gasteiger partial charge in [0, 0.05) is 45.3 Å². The Balaban J connectivity index is 1.40. The number of likely N-dealkylation sites (tertiary alicyclic amines) is 1. The Bertz CT molecular complexity index is 668. The fourth-order valence-electron chi connectivity index (χ4n) is 3.46. The molecular formula is C21H31N3O4. The van der Waals surface area contributed by atoms with E-state index in [9.17, 15) is 9.59 Å². The summed E-state index contributed by atoms with van der Waals surface area (Å²) < 4.78 is 10.9. The van der Waals surface area contributed by atoms with E-state index in [1.165, 1.54) is 0 Å². The molecule has 7 nitrogen and oxygen atoms in total. The van der Waals surface area contributed by atoms with Crippen LogP contribution in [0.5, 0.6) is 0 Å². The first kappa shape index (κ1) is 20.5. The summed E-state index contributed by atoms with van der Waals surface area (Å²) in [6.45, 7) is 10.4. The van der Waals surface area contributed by atoms with Crippen molar-refractivity contribution in [2.24, 2.45) is 0 Å². The van der Waals surface area contributed by atoms with Crippen LogP contribution in [-0.4, -0.2) is 77.8 Å². The first-order valence-corrected chi connectivity index (χ1v) is 9.99. The van der Waals surface area contributed by atoms with E-state index in [0.29, 0.717) is 38.8 Å². The van der Waals surface area contributed by atoms with Gasteiger partial charge in [-0.25, -0.2) is 9.59 Å². The van der Waals surface area contributed by atoms with Gasteiger partial charge in [0.15, 0.2) is 0 Å². The standard InChI is InChI=1S/C21H31N3O4/c1-21(2,3)28-20(26)24-14-18(15-24)22-10-7-11-23(13-12-22)19(25)27-16-17-8-5-4-6-9-17/h4-6,8-9,18H,7,10-16H2,1-3H3. The van der Waals surface area contributed by atoms with Gasteiger partial charge < -0.3 is 19.3 Å². The molecule has 2 fully saturated rings. The van der Waals surface area contributed by atoms with Gasteiger partial charge >= 0.3 is 12.2 Å². The van der Waals surface area contributed by atoms with Gasteiger partial charge in [-0.05, 0) is 32.8 Å². The van der Waals surface area contributed by atoms with Crippen molar-refractivity contribution in [3.05, 3.63) is 35.9 Å². The maximum atomic E-state index is 12.4. The lowest BCUT2D eigenvalue weighted by molar-refractivity contribution is -0.0145. The Morgan fingerprint density at radius 1 is 0.964 bits per heavy atom. The van der Waals surface area contributed by atoms with Crippen molar-refractivity contribution in [1.29, 1.82) is 0 Å². The Labute approximate surface area is 167 Å². The van der Waals surface area contributed by atoms with Crippen molar-refractivity contribution in [2.45, 2.75) is 45.4 Å². The summed E-state index contributed by atoms with van der Waals surface area (Å²) in [6, 6.07) is 10.1. The second-order valence-corrected chi connectivity index (χ2v) is 8.46. The molecule has 1 aromatic rings. The number of carbonyl (C=O) groups is 2. The zero-order chi connectivity index (χ0) is 20.1. The SMILES string of the molecule is CC(C)(C)OC(=O)N1CC(N2CCCN(C(=O)OCc3ccccc3)CC2)C1. The van der Waals surface area contributed by atoms with Gasteiger partial charge in [0.1, 0.15) is 12.2 Å². The molecule has 0 bridgehead atoms. The summed E-state index contributed by atoms with van der Waals surface area (Å²) >= 11 is 0. The molecule has 1 aromatic carbocycles. The highest BCUT2D eigenvalue weighted by atomic mass is 16.6. The third-order valence-electron chi connectivity index (χ3n) is 5.02. The Hall–Kier alpha value is -2.28. The predicted octanol–water partition coefficient (Wildman–Crippen LogP) is 2.95. The molecule has 154 valence electrons. The summed E-state index contributed by atoms with van der Waals surface area (Å²) in [5.41, 5.74) is 0.523. The number of ether oxygens (including phenoxy) is 2. The Morgan fingerprint density at radius 2 is 1.68 bits per heavy atom. The van der Waals surface area contributed by atoms with Crippen molar-refractivity contribution in [3.63, 3.8) is 0 Å². The molecule has 0 atom stereocenters. The van der Waals surface area contributed by atoms with Crippen LogP contribution in [0.2, 0.25) is 0 Å². The fraction of sp³-hybridized carbons (Fsp3) is 0.619. The van der Waals surface area contributed by atoms with E-state index >= 15 is 0 Å². The molecule has 0 unspecified atom stereocenters. The monoisotopic (exact) mass is 389 g/mol. The maximum absolute atomic E-state index is 12.4. The number of nitrogens with zero attached hydrogens (tertiary/aromatic N) is 3. The fourth-order valence-corrected chi connectivity index (χ4v) is 3.46. The molecule has 28 heavy (non-hydrogen) atoms. The van der Waals surface area contributed by atoms with Gasteiger partial charge in [-0.15, -0.1) is 0 Å². The van der Waals surface area contributed by atoms with Crippen molar-refractivity contribution < 1.29 is 19.1 Å². The Morgan fingerprint density at radius 3 is 2.36 bits per heavy atom. The molecule has 0 saturated carbocycles. The number of benzene rings is 1. The summed E-state index contributed by atoms with van der Waals surface area (Å²) in [4.78, 5) is 30.4. The zero-order valence-electron chi connectivity index (χ0n) is 17.1. The quantitative estimate of drug-likeness (QED) is 0.795. The third-order valence-corrected chi connectivity index (χ3v) is 5.02. The van der Waals surface area contributed by atoms with Gasteiger partial charge in [-0.3, -0.25) is 4.90 Å². The summed E-state index contributed by atoms with van der Waals surface area (Å²) in [5.74, 6) is 0. The van der Waals surface area contributed by atoms with Crippen LogP contribution in [-0.2, 0) is 16.1 Å². The van der Waals surface area contributed by atoms with Crippen LogP contribution in [0.1, 0.15) is 32.8 Å². The van der Waals surface area contributed by atoms with E-state index in [1.807, 2.05) is 51.1 Å². The molecule has 0 radical (unpaired) electrons. The van der Waals surface area contributed by atoms with Crippen LogP contribution >= 0.6 is 0 Å². The van der Waals surface area contributed by atoms with Crippen molar-refractivity contribution in [1.82, 2.24) is 14.7 Å². The summed E-state index contributed by atoms with van der Waals surface area (Å²) in [6.07, 6.45) is 0.406. The molecule has 2 aliphatic rings. The van der Waals surface area contributed by atoms with Gasteiger partial charge in [-0.2, -0.15) is 0 Å². The highest BCUT2D eigenvalue weighted by molar-refractivity contribution is 5.69. The number of rotatable bonds is 3. The highest BCUT2D eigenvalue weighted by Gasteiger charge is 2.37. The zero-order valence-corrected chi connectivity index (χ0v) is 17.1. The molecule has 2 aliphatic heterocycles. The number of carbonyl (C=O) groups excluding carboxylic acids is 2. The Kier molecular flexibility index (Phi) is 6.44. The van der Waals surface area contributed by atoms with E-state index in [2.05, 4.69) is 4.90 Å². The second-order valence-electron chi connectivity index (χ2n) is 8.46. The minimum atomic E-state index is -0.467. The molecule has 2 amide bonds. The average molecular weight is 389 g/mol. The molecule has 7 heteroatoms. The number of hydrogen-bond acceptors (Lipinski definition) is 5. The number of hydrogen-bond donors (Lipinski definition) is 0. The second kappa shape index (κ2) is 8.82. The molecule has 0 N–H and O–H groups in total. The molecule has 0 spiro atoms. The first-order chi connectivity index (χ1) is 13.3. The molecule has 2 saturated heterocycles. The topological polar surface area (TPSA) is 62.3 Å². The molecule has 0 aliphatic carbocycles. The van der Waals surface area contributed by atoms with Crippen molar-refractivity contribution in [2.75, 3.05) is 39.3 Å². The molecule has 2 heterocycles. The maximum Gasteiger partial charge on any atom is 0.410 e. The lowest BCUT2D eigenvalue weighted by atomic mass is 10.1. The van der Waals surface area contributed by atoms with E-state index in [0.717, 1.165) is 25.1 Å². The van der Waals surface area contributed by atoms with E-state index < -0.39 is 5.60 Å². The van der Waals surface area contributed by atoms with Crippen LogP contribution in [0.3, 0.4) is 0 Å². The lowest BCUT2D eigenvalue weighted by Crippen LogP contribution is -2.62. The number of amides is 2. The normalized spacial score (nSPS) is 19.0. The van der Waals surface area contributed by atoms with Gasteiger partial charge in [-0.1, -0.05) is 30.3 Å². The summed E-state index contributed by atoms with van der Waals surface area (Å²) in [5, 5.41) is 0. The van der Waals surface area contributed by atoms with Crippen molar-refractivity contribution >= 4 is 12.2 Å². The first-order valence-electron chi connectivity index (χ1n) is 9.99. The predicted molar refractivity (Wildman–Crippen MR) is 106 cm³/mol. The smallest absolute Gasteiger partial charge is 0.410 e. The minimum Gasteiger partial charge on any atom is -0.445 e. The molecule has 0 aromatic heterocycles. The lowest BCUT2D eigenvalue weighted by Gasteiger charge is -2.45. The van der Waals surface area contributed by atoms with Crippen LogP contribution in [0, 0.1) is 0 Å². The van der Waals surface area contributed by atoms with Crippen LogP contribution in [0.4, 0.5) is 9.59 Å².